The molecular weight excluding hydrogens is 350 g/mol. The molecule has 0 aromatic heterocycles. The summed E-state index contributed by atoms with van der Waals surface area (Å²) in [6.45, 7) is 2.66. The quantitative estimate of drug-likeness (QED) is 0.709. The maximum atomic E-state index is 12.5. The normalized spacial score (nSPS) is 21.3. The highest BCUT2D eigenvalue weighted by molar-refractivity contribution is 6.30. The average Bonchev–Trinajstić information content (AvgIpc) is 3.13. The van der Waals surface area contributed by atoms with Crippen LogP contribution in [0, 0.1) is 0 Å². The second-order valence-corrected chi connectivity index (χ2v) is 8.08. The summed E-state index contributed by atoms with van der Waals surface area (Å²) in [6.07, 6.45) is 7.49. The van der Waals surface area contributed by atoms with Gasteiger partial charge in [0.15, 0.2) is 0 Å². The van der Waals surface area contributed by atoms with Gasteiger partial charge in [-0.25, -0.2) is 4.79 Å². The van der Waals surface area contributed by atoms with Crippen molar-refractivity contribution >= 4 is 17.6 Å². The Bertz CT molecular complexity index is 581. The molecule has 26 heavy (non-hydrogen) atoms. The van der Waals surface area contributed by atoms with Crippen molar-refractivity contribution in [2.24, 2.45) is 0 Å². The van der Waals surface area contributed by atoms with Gasteiger partial charge in [-0.1, -0.05) is 43.0 Å². The van der Waals surface area contributed by atoms with E-state index in [1.54, 1.807) is 0 Å². The third-order valence-electron chi connectivity index (χ3n) is 5.78. The first kappa shape index (κ1) is 19.5. The van der Waals surface area contributed by atoms with E-state index in [1.807, 2.05) is 24.3 Å². The third-order valence-corrected chi connectivity index (χ3v) is 6.04. The van der Waals surface area contributed by atoms with Crippen LogP contribution in [0.1, 0.15) is 56.6 Å². The largest absolute Gasteiger partial charge is 0.394 e. The zero-order chi connectivity index (χ0) is 18.4. The van der Waals surface area contributed by atoms with Crippen LogP contribution in [0.2, 0.25) is 5.02 Å². The molecule has 0 radical (unpaired) electrons. The number of nitrogens with one attached hydrogen (secondary N) is 2. The van der Waals surface area contributed by atoms with Crippen LogP contribution in [-0.4, -0.2) is 47.8 Å². The number of aliphatic hydroxyl groups is 1. The number of carbonyl (C=O) groups is 1. The molecule has 5 nitrogen and oxygen atoms in total. The average molecular weight is 380 g/mol. The van der Waals surface area contributed by atoms with Crippen LogP contribution in [-0.2, 0) is 0 Å². The first-order chi connectivity index (χ1) is 12.6. The van der Waals surface area contributed by atoms with E-state index in [9.17, 15) is 9.90 Å². The van der Waals surface area contributed by atoms with E-state index >= 15 is 0 Å². The first-order valence-corrected chi connectivity index (χ1v) is 10.2. The van der Waals surface area contributed by atoms with Gasteiger partial charge >= 0.3 is 6.03 Å². The fourth-order valence-electron chi connectivity index (χ4n) is 4.22. The van der Waals surface area contributed by atoms with E-state index < -0.39 is 5.54 Å². The fraction of sp³-hybridized carbons (Fsp3) is 0.650. The first-order valence-electron chi connectivity index (χ1n) is 9.78. The highest BCUT2D eigenvalue weighted by Gasteiger charge is 2.34. The minimum absolute atomic E-state index is 0.00710. The maximum absolute atomic E-state index is 12.5. The van der Waals surface area contributed by atoms with Crippen LogP contribution in [0.25, 0.3) is 0 Å². The minimum atomic E-state index is -0.440. The summed E-state index contributed by atoms with van der Waals surface area (Å²) in [5.41, 5.74) is 0.736. The van der Waals surface area contributed by atoms with Gasteiger partial charge in [0.1, 0.15) is 0 Å². The SMILES string of the molecule is O=C(NC[C@H](c1ccc(Cl)cc1)N1CCCCC1)NC1(CO)CCCC1. The van der Waals surface area contributed by atoms with Gasteiger partial charge in [-0.15, -0.1) is 0 Å². The molecular formula is C20H30ClN3O2. The van der Waals surface area contributed by atoms with E-state index in [-0.39, 0.29) is 18.7 Å². The van der Waals surface area contributed by atoms with Crippen LogP contribution in [0.15, 0.2) is 24.3 Å². The summed E-state index contributed by atoms with van der Waals surface area (Å²) in [7, 11) is 0. The summed E-state index contributed by atoms with van der Waals surface area (Å²) in [5, 5.41) is 16.5. The van der Waals surface area contributed by atoms with Crippen molar-refractivity contribution in [2.45, 2.75) is 56.5 Å². The van der Waals surface area contributed by atoms with Gasteiger partial charge in [0.2, 0.25) is 0 Å². The van der Waals surface area contributed by atoms with Crippen molar-refractivity contribution in [3.05, 3.63) is 34.9 Å². The van der Waals surface area contributed by atoms with Crippen molar-refractivity contribution in [1.82, 2.24) is 15.5 Å². The number of hydrogen-bond donors (Lipinski definition) is 3. The van der Waals surface area contributed by atoms with Gasteiger partial charge in [0, 0.05) is 11.6 Å². The molecule has 1 heterocycles. The van der Waals surface area contributed by atoms with Crippen LogP contribution < -0.4 is 10.6 Å². The molecule has 3 rings (SSSR count). The summed E-state index contributed by atoms with van der Waals surface area (Å²) < 4.78 is 0. The highest BCUT2D eigenvalue weighted by atomic mass is 35.5. The molecule has 144 valence electrons. The van der Waals surface area contributed by atoms with E-state index in [0.29, 0.717) is 6.54 Å². The number of carbonyl (C=O) groups excluding carboxylic acids is 1. The third kappa shape index (κ3) is 4.90. The number of benzene rings is 1. The lowest BCUT2D eigenvalue weighted by atomic mass is 9.99. The summed E-state index contributed by atoms with van der Waals surface area (Å²) in [5.74, 6) is 0. The molecule has 2 aliphatic rings. The molecule has 2 amide bonds. The van der Waals surface area contributed by atoms with E-state index in [0.717, 1.165) is 43.8 Å². The predicted molar refractivity (Wildman–Crippen MR) is 104 cm³/mol. The lowest BCUT2D eigenvalue weighted by Gasteiger charge is -2.35. The summed E-state index contributed by atoms with van der Waals surface area (Å²) in [6, 6.07) is 7.88. The number of nitrogens with zero attached hydrogens (tertiary/aromatic N) is 1. The van der Waals surface area contributed by atoms with Crippen molar-refractivity contribution in [3.8, 4) is 0 Å². The molecule has 0 bridgehead atoms. The van der Waals surface area contributed by atoms with Gasteiger partial charge in [-0.2, -0.15) is 0 Å². The highest BCUT2D eigenvalue weighted by Crippen LogP contribution is 2.29. The number of hydrogen-bond acceptors (Lipinski definition) is 3. The molecule has 1 aromatic rings. The standard InChI is InChI=1S/C20H30ClN3O2/c21-17-8-6-16(7-9-17)18(24-12-4-1-5-13-24)14-22-19(26)23-20(15-25)10-2-3-11-20/h6-9,18,25H,1-5,10-15H2,(H2,22,23,26)/t18-/m1/s1. The molecule has 1 atom stereocenters. The second-order valence-electron chi connectivity index (χ2n) is 7.64. The Kier molecular flexibility index (Phi) is 6.79. The van der Waals surface area contributed by atoms with E-state index in [4.69, 9.17) is 11.6 Å². The number of aliphatic hydroxyl groups excluding tert-OH is 1. The van der Waals surface area contributed by atoms with Crippen LogP contribution >= 0.6 is 11.6 Å². The van der Waals surface area contributed by atoms with Crippen molar-refractivity contribution in [2.75, 3.05) is 26.2 Å². The van der Waals surface area contributed by atoms with Crippen molar-refractivity contribution in [1.29, 1.82) is 0 Å². The molecule has 1 aromatic carbocycles. The number of urea groups is 1. The topological polar surface area (TPSA) is 64.6 Å². The number of amides is 2. The molecule has 6 heteroatoms. The number of rotatable bonds is 6. The Hall–Kier alpha value is -1.30. The smallest absolute Gasteiger partial charge is 0.315 e. The van der Waals surface area contributed by atoms with Crippen LogP contribution in [0.5, 0.6) is 0 Å². The molecule has 1 aliphatic carbocycles. The number of piperidine rings is 1. The lowest BCUT2D eigenvalue weighted by Crippen LogP contribution is -2.54. The van der Waals surface area contributed by atoms with Gasteiger partial charge in [-0.05, 0) is 56.5 Å². The Balaban J connectivity index is 1.63. The van der Waals surface area contributed by atoms with E-state index in [1.165, 1.54) is 24.8 Å². The Labute approximate surface area is 161 Å². The lowest BCUT2D eigenvalue weighted by molar-refractivity contribution is 0.150. The summed E-state index contributed by atoms with van der Waals surface area (Å²) in [4.78, 5) is 14.9. The monoisotopic (exact) mass is 379 g/mol. The molecule has 1 saturated carbocycles. The fourth-order valence-corrected chi connectivity index (χ4v) is 4.35. The molecule has 0 unspecified atom stereocenters. The van der Waals surface area contributed by atoms with Gasteiger partial charge in [0.05, 0.1) is 18.2 Å². The van der Waals surface area contributed by atoms with Gasteiger partial charge in [-0.3, -0.25) is 4.90 Å². The predicted octanol–water partition coefficient (Wildman–Crippen LogP) is 3.47. The number of likely N-dealkylation sites (tertiary alicyclic amines) is 1. The Morgan fingerprint density at radius 2 is 1.77 bits per heavy atom. The molecule has 0 spiro atoms. The zero-order valence-corrected chi connectivity index (χ0v) is 16.1. The molecule has 2 fully saturated rings. The van der Waals surface area contributed by atoms with Gasteiger partial charge < -0.3 is 15.7 Å². The molecule has 3 N–H and O–H groups in total. The molecule has 1 saturated heterocycles. The van der Waals surface area contributed by atoms with Crippen LogP contribution in [0.3, 0.4) is 0 Å². The molecule has 1 aliphatic heterocycles. The Morgan fingerprint density at radius 3 is 2.38 bits per heavy atom. The minimum Gasteiger partial charge on any atom is -0.394 e. The second kappa shape index (κ2) is 9.07. The summed E-state index contributed by atoms with van der Waals surface area (Å²) >= 11 is 6.04. The van der Waals surface area contributed by atoms with Crippen molar-refractivity contribution in [3.63, 3.8) is 0 Å². The maximum Gasteiger partial charge on any atom is 0.315 e. The van der Waals surface area contributed by atoms with Gasteiger partial charge in [0.25, 0.3) is 0 Å². The van der Waals surface area contributed by atoms with Crippen molar-refractivity contribution < 1.29 is 9.90 Å². The number of halogens is 1. The Morgan fingerprint density at radius 1 is 1.12 bits per heavy atom. The van der Waals surface area contributed by atoms with Crippen LogP contribution in [0.4, 0.5) is 4.79 Å². The van der Waals surface area contributed by atoms with E-state index in [2.05, 4.69) is 15.5 Å². The zero-order valence-electron chi connectivity index (χ0n) is 15.3.